The first kappa shape index (κ1) is 14.5. The van der Waals surface area contributed by atoms with E-state index in [4.69, 9.17) is 15.6 Å². The summed E-state index contributed by atoms with van der Waals surface area (Å²) in [5.41, 5.74) is 6.81. The first-order valence-electron chi connectivity index (χ1n) is 5.93. The number of nitrogens with two attached hydrogens (primary N) is 1. The van der Waals surface area contributed by atoms with Crippen molar-refractivity contribution in [2.45, 2.75) is 18.9 Å². The van der Waals surface area contributed by atoms with Gasteiger partial charge in [-0.1, -0.05) is 12.1 Å². The van der Waals surface area contributed by atoms with Gasteiger partial charge in [-0.15, -0.1) is 0 Å². The fourth-order valence-electron chi connectivity index (χ4n) is 1.64. The lowest BCUT2D eigenvalue weighted by molar-refractivity contribution is -0.137. The van der Waals surface area contributed by atoms with E-state index < -0.39 is 5.97 Å². The van der Waals surface area contributed by atoms with Gasteiger partial charge in [0.05, 0.1) is 13.5 Å². The normalized spacial score (nSPS) is 12.1. The molecule has 0 heterocycles. The summed E-state index contributed by atoms with van der Waals surface area (Å²) in [6.07, 6.45) is 0.850. The van der Waals surface area contributed by atoms with Crippen molar-refractivity contribution in [1.82, 2.24) is 5.32 Å². The number of aliphatic carboxylic acids is 1. The van der Waals surface area contributed by atoms with Crippen LogP contribution in [0.4, 0.5) is 0 Å². The fourth-order valence-corrected chi connectivity index (χ4v) is 1.64. The van der Waals surface area contributed by atoms with Gasteiger partial charge >= 0.3 is 5.97 Å². The Balaban J connectivity index is 2.23. The van der Waals surface area contributed by atoms with Crippen molar-refractivity contribution in [3.63, 3.8) is 0 Å². The summed E-state index contributed by atoms with van der Waals surface area (Å²) in [4.78, 5) is 10.4. The van der Waals surface area contributed by atoms with Crippen LogP contribution < -0.4 is 15.8 Å². The van der Waals surface area contributed by atoms with Crippen molar-refractivity contribution in [3.8, 4) is 5.75 Å². The zero-order valence-electron chi connectivity index (χ0n) is 10.6. The average Bonchev–Trinajstić information content (AvgIpc) is 2.34. The van der Waals surface area contributed by atoms with Crippen LogP contribution in [-0.2, 0) is 11.2 Å². The van der Waals surface area contributed by atoms with Crippen LogP contribution in [0.1, 0.15) is 12.0 Å². The molecule has 1 atom stereocenters. The molecule has 0 fully saturated rings. The Labute approximate surface area is 107 Å². The SMILES string of the molecule is COc1cccc(CCNCC(N)CC(=O)O)c1. The van der Waals surface area contributed by atoms with E-state index in [1.165, 1.54) is 5.56 Å². The maximum absolute atomic E-state index is 10.4. The molecule has 1 unspecified atom stereocenters. The second-order valence-electron chi connectivity index (χ2n) is 4.16. The van der Waals surface area contributed by atoms with Crippen LogP contribution in [0.25, 0.3) is 0 Å². The van der Waals surface area contributed by atoms with Gasteiger partial charge in [-0.2, -0.15) is 0 Å². The molecule has 5 heteroatoms. The van der Waals surface area contributed by atoms with E-state index in [1.54, 1.807) is 7.11 Å². The molecule has 0 spiro atoms. The maximum Gasteiger partial charge on any atom is 0.304 e. The molecule has 0 saturated carbocycles. The lowest BCUT2D eigenvalue weighted by Gasteiger charge is -2.10. The van der Waals surface area contributed by atoms with Gasteiger partial charge in [0, 0.05) is 12.6 Å². The van der Waals surface area contributed by atoms with Gasteiger partial charge in [-0.3, -0.25) is 4.79 Å². The number of benzene rings is 1. The number of ether oxygens (including phenoxy) is 1. The Morgan fingerprint density at radius 3 is 3.00 bits per heavy atom. The number of rotatable bonds is 8. The quantitative estimate of drug-likeness (QED) is 0.591. The third kappa shape index (κ3) is 5.65. The highest BCUT2D eigenvalue weighted by atomic mass is 16.5. The van der Waals surface area contributed by atoms with E-state index in [-0.39, 0.29) is 12.5 Å². The van der Waals surface area contributed by atoms with E-state index in [9.17, 15) is 4.79 Å². The predicted molar refractivity (Wildman–Crippen MR) is 69.8 cm³/mol. The second kappa shape index (κ2) is 7.68. The number of carboxylic acid groups (broad SMARTS) is 1. The Bertz CT molecular complexity index is 382. The van der Waals surface area contributed by atoms with E-state index in [0.29, 0.717) is 6.54 Å². The molecule has 0 saturated heterocycles. The molecule has 0 aliphatic rings. The zero-order valence-corrected chi connectivity index (χ0v) is 10.6. The molecule has 0 aliphatic carbocycles. The number of hydrogen-bond acceptors (Lipinski definition) is 4. The standard InChI is InChI=1S/C13H20N2O3/c1-18-12-4-2-3-10(7-12)5-6-15-9-11(14)8-13(16)17/h2-4,7,11,15H,5-6,8-9,14H2,1H3,(H,16,17). The number of carboxylic acids is 1. The monoisotopic (exact) mass is 252 g/mol. The molecule has 100 valence electrons. The minimum atomic E-state index is -0.864. The second-order valence-corrected chi connectivity index (χ2v) is 4.16. The fraction of sp³-hybridized carbons (Fsp3) is 0.462. The topological polar surface area (TPSA) is 84.6 Å². The summed E-state index contributed by atoms with van der Waals surface area (Å²) in [6.45, 7) is 1.27. The highest BCUT2D eigenvalue weighted by Gasteiger charge is 2.06. The largest absolute Gasteiger partial charge is 0.497 e. The molecule has 0 aliphatic heterocycles. The van der Waals surface area contributed by atoms with Crippen LogP contribution in [0.5, 0.6) is 5.75 Å². The molecule has 0 amide bonds. The summed E-state index contributed by atoms with van der Waals surface area (Å²) >= 11 is 0. The van der Waals surface area contributed by atoms with E-state index in [2.05, 4.69) is 5.32 Å². The molecule has 0 aromatic heterocycles. The zero-order chi connectivity index (χ0) is 13.4. The van der Waals surface area contributed by atoms with Crippen molar-refractivity contribution in [2.75, 3.05) is 20.2 Å². The van der Waals surface area contributed by atoms with Crippen LogP contribution in [-0.4, -0.2) is 37.3 Å². The molecule has 18 heavy (non-hydrogen) atoms. The van der Waals surface area contributed by atoms with Gasteiger partial charge in [0.2, 0.25) is 0 Å². The Morgan fingerprint density at radius 1 is 1.56 bits per heavy atom. The predicted octanol–water partition coefficient (Wildman–Crippen LogP) is 0.629. The van der Waals surface area contributed by atoms with Crippen LogP contribution >= 0.6 is 0 Å². The van der Waals surface area contributed by atoms with E-state index in [1.807, 2.05) is 24.3 Å². The molecule has 5 nitrogen and oxygen atoms in total. The summed E-state index contributed by atoms with van der Waals surface area (Å²) in [7, 11) is 1.64. The van der Waals surface area contributed by atoms with Gasteiger partial charge in [0.1, 0.15) is 5.75 Å². The highest BCUT2D eigenvalue weighted by Crippen LogP contribution is 2.12. The van der Waals surface area contributed by atoms with Crippen molar-refractivity contribution in [3.05, 3.63) is 29.8 Å². The number of hydrogen-bond donors (Lipinski definition) is 3. The summed E-state index contributed by atoms with van der Waals surface area (Å²) < 4.78 is 5.14. The van der Waals surface area contributed by atoms with Crippen LogP contribution in [0, 0.1) is 0 Å². The molecule has 1 aromatic carbocycles. The molecule has 4 N–H and O–H groups in total. The molecular weight excluding hydrogens is 232 g/mol. The van der Waals surface area contributed by atoms with Crippen molar-refractivity contribution < 1.29 is 14.6 Å². The van der Waals surface area contributed by atoms with Gasteiger partial charge in [-0.05, 0) is 30.7 Å². The van der Waals surface area contributed by atoms with Crippen LogP contribution in [0.2, 0.25) is 0 Å². The smallest absolute Gasteiger partial charge is 0.304 e. The Hall–Kier alpha value is -1.59. The Kier molecular flexibility index (Phi) is 6.18. The first-order chi connectivity index (χ1) is 8.61. The average molecular weight is 252 g/mol. The molecule has 1 aromatic rings. The third-order valence-electron chi connectivity index (χ3n) is 2.57. The molecule has 1 rings (SSSR count). The van der Waals surface area contributed by atoms with E-state index in [0.717, 1.165) is 18.7 Å². The van der Waals surface area contributed by atoms with Gasteiger partial charge in [-0.25, -0.2) is 0 Å². The minimum Gasteiger partial charge on any atom is -0.497 e. The van der Waals surface area contributed by atoms with Crippen molar-refractivity contribution in [2.24, 2.45) is 5.73 Å². The maximum atomic E-state index is 10.4. The third-order valence-corrected chi connectivity index (χ3v) is 2.57. The number of carbonyl (C=O) groups is 1. The first-order valence-corrected chi connectivity index (χ1v) is 5.93. The lowest BCUT2D eigenvalue weighted by Crippen LogP contribution is -2.36. The molecule has 0 bridgehead atoms. The van der Waals surface area contributed by atoms with Crippen LogP contribution in [0.3, 0.4) is 0 Å². The number of nitrogens with one attached hydrogen (secondary N) is 1. The highest BCUT2D eigenvalue weighted by molar-refractivity contribution is 5.67. The lowest BCUT2D eigenvalue weighted by atomic mass is 10.1. The van der Waals surface area contributed by atoms with Gasteiger partial charge < -0.3 is 20.9 Å². The minimum absolute atomic E-state index is 0.00778. The Morgan fingerprint density at radius 2 is 2.33 bits per heavy atom. The van der Waals surface area contributed by atoms with Gasteiger partial charge in [0.25, 0.3) is 0 Å². The van der Waals surface area contributed by atoms with Crippen LogP contribution in [0.15, 0.2) is 24.3 Å². The number of methoxy groups -OCH3 is 1. The summed E-state index contributed by atoms with van der Waals surface area (Å²) in [5, 5.41) is 11.7. The van der Waals surface area contributed by atoms with Gasteiger partial charge in [0.15, 0.2) is 0 Å². The summed E-state index contributed by atoms with van der Waals surface area (Å²) in [5.74, 6) is -0.0211. The summed E-state index contributed by atoms with van der Waals surface area (Å²) in [6, 6.07) is 7.53. The van der Waals surface area contributed by atoms with Crippen molar-refractivity contribution in [1.29, 1.82) is 0 Å². The van der Waals surface area contributed by atoms with Crippen molar-refractivity contribution >= 4 is 5.97 Å². The molecular formula is C13H20N2O3. The molecule has 0 radical (unpaired) electrons. The van der Waals surface area contributed by atoms with E-state index >= 15 is 0 Å².